The molecule has 0 aliphatic carbocycles. The van der Waals surface area contributed by atoms with Gasteiger partial charge in [0, 0.05) is 11.0 Å². The molecule has 0 saturated heterocycles. The van der Waals surface area contributed by atoms with Crippen molar-refractivity contribution in [2.75, 3.05) is 20.6 Å². The maximum absolute atomic E-state index is 12.2. The van der Waals surface area contributed by atoms with Gasteiger partial charge in [0.25, 0.3) is 5.91 Å². The highest BCUT2D eigenvalue weighted by atomic mass is 79.9. The number of hydrogen-bond acceptors (Lipinski definition) is 3. The van der Waals surface area contributed by atoms with Crippen molar-refractivity contribution in [1.29, 1.82) is 0 Å². The maximum atomic E-state index is 12.2. The van der Waals surface area contributed by atoms with Crippen LogP contribution >= 0.6 is 27.3 Å². The van der Waals surface area contributed by atoms with E-state index in [1.807, 2.05) is 38.4 Å². The molecule has 1 N–H and O–H groups in total. The smallest absolute Gasteiger partial charge is 0.252 e. The zero-order valence-electron chi connectivity index (χ0n) is 11.5. The van der Waals surface area contributed by atoms with Gasteiger partial charge in [-0.1, -0.05) is 12.1 Å². The lowest BCUT2D eigenvalue weighted by molar-refractivity contribution is 0.0941. The molecule has 2 rings (SSSR count). The predicted molar refractivity (Wildman–Crippen MR) is 87.2 cm³/mol. The van der Waals surface area contributed by atoms with Crippen molar-refractivity contribution in [3.05, 3.63) is 56.7 Å². The summed E-state index contributed by atoms with van der Waals surface area (Å²) in [4.78, 5) is 14.3. The van der Waals surface area contributed by atoms with Crippen LogP contribution in [-0.2, 0) is 0 Å². The molecule has 3 nitrogen and oxygen atoms in total. The van der Waals surface area contributed by atoms with Gasteiger partial charge in [-0.05, 0) is 64.5 Å². The van der Waals surface area contributed by atoms with E-state index < -0.39 is 0 Å². The Bertz CT molecular complexity index is 569. The second kappa shape index (κ2) is 7.02. The summed E-state index contributed by atoms with van der Waals surface area (Å²) in [5, 5.41) is 7.18. The van der Waals surface area contributed by atoms with Crippen LogP contribution in [0.15, 0.2) is 45.6 Å². The number of likely N-dealkylation sites (N-methyl/N-ethyl adjacent to an activating group) is 1. The molecule has 0 aliphatic rings. The molecule has 1 aromatic heterocycles. The van der Waals surface area contributed by atoms with Gasteiger partial charge in [0.15, 0.2) is 0 Å². The van der Waals surface area contributed by atoms with Crippen LogP contribution in [0.1, 0.15) is 22.0 Å². The number of benzene rings is 1. The summed E-state index contributed by atoms with van der Waals surface area (Å²) in [5.41, 5.74) is 1.89. The number of thiophene rings is 1. The third kappa shape index (κ3) is 3.69. The molecule has 1 heterocycles. The van der Waals surface area contributed by atoms with Crippen LogP contribution in [0.2, 0.25) is 0 Å². The van der Waals surface area contributed by atoms with E-state index in [1.54, 1.807) is 11.3 Å². The van der Waals surface area contributed by atoms with E-state index >= 15 is 0 Å². The highest BCUT2D eigenvalue weighted by Crippen LogP contribution is 2.21. The number of hydrogen-bond donors (Lipinski definition) is 1. The third-order valence-corrected chi connectivity index (χ3v) is 4.52. The van der Waals surface area contributed by atoms with E-state index in [0.717, 1.165) is 4.47 Å². The SMILES string of the molecule is CN(C)[C@@H](CNC(=O)c1ccccc1Br)c1ccsc1. The Morgan fingerprint density at radius 3 is 2.70 bits per heavy atom. The molecule has 20 heavy (non-hydrogen) atoms. The van der Waals surface area contributed by atoms with Gasteiger partial charge < -0.3 is 10.2 Å². The monoisotopic (exact) mass is 352 g/mol. The number of rotatable bonds is 5. The number of amides is 1. The third-order valence-electron chi connectivity index (χ3n) is 3.13. The summed E-state index contributed by atoms with van der Waals surface area (Å²) in [6, 6.07) is 9.73. The molecule has 0 bridgehead atoms. The molecular weight excluding hydrogens is 336 g/mol. The van der Waals surface area contributed by atoms with E-state index in [0.29, 0.717) is 12.1 Å². The number of carbonyl (C=O) groups excluding carboxylic acids is 1. The van der Waals surface area contributed by atoms with Crippen LogP contribution < -0.4 is 5.32 Å². The Morgan fingerprint density at radius 2 is 2.10 bits per heavy atom. The van der Waals surface area contributed by atoms with E-state index in [1.165, 1.54) is 5.56 Å². The molecule has 0 radical (unpaired) electrons. The zero-order chi connectivity index (χ0) is 14.5. The minimum absolute atomic E-state index is 0.0560. The van der Waals surface area contributed by atoms with E-state index in [9.17, 15) is 4.79 Å². The predicted octanol–water partition coefficient (Wildman–Crippen LogP) is 3.54. The highest BCUT2D eigenvalue weighted by Gasteiger charge is 2.16. The summed E-state index contributed by atoms with van der Waals surface area (Å²) < 4.78 is 0.814. The second-order valence-electron chi connectivity index (χ2n) is 4.73. The molecule has 0 saturated carbocycles. The molecule has 0 aliphatic heterocycles. The van der Waals surface area contributed by atoms with Crippen molar-refractivity contribution in [2.24, 2.45) is 0 Å². The quantitative estimate of drug-likeness (QED) is 0.892. The van der Waals surface area contributed by atoms with Crippen molar-refractivity contribution in [2.45, 2.75) is 6.04 Å². The van der Waals surface area contributed by atoms with Gasteiger partial charge in [0.1, 0.15) is 0 Å². The van der Waals surface area contributed by atoms with E-state index in [4.69, 9.17) is 0 Å². The molecule has 1 amide bonds. The second-order valence-corrected chi connectivity index (χ2v) is 6.36. The summed E-state index contributed by atoms with van der Waals surface area (Å²) in [6.45, 7) is 0.587. The van der Waals surface area contributed by atoms with Crippen LogP contribution in [0.3, 0.4) is 0 Å². The fourth-order valence-electron chi connectivity index (χ4n) is 1.99. The van der Waals surface area contributed by atoms with E-state index in [2.05, 4.69) is 43.0 Å². The Balaban J connectivity index is 2.03. The lowest BCUT2D eigenvalue weighted by Crippen LogP contribution is -2.34. The Kier molecular flexibility index (Phi) is 5.34. The van der Waals surface area contributed by atoms with Gasteiger partial charge in [-0.15, -0.1) is 0 Å². The van der Waals surface area contributed by atoms with Gasteiger partial charge in [0.05, 0.1) is 11.6 Å². The molecule has 1 aromatic carbocycles. The van der Waals surface area contributed by atoms with Crippen molar-refractivity contribution < 1.29 is 4.79 Å². The minimum Gasteiger partial charge on any atom is -0.350 e. The van der Waals surface area contributed by atoms with Crippen LogP contribution in [0.4, 0.5) is 0 Å². The van der Waals surface area contributed by atoms with Crippen molar-refractivity contribution in [3.63, 3.8) is 0 Å². The van der Waals surface area contributed by atoms with Crippen molar-refractivity contribution in [3.8, 4) is 0 Å². The number of nitrogens with zero attached hydrogens (tertiary/aromatic N) is 1. The first-order valence-electron chi connectivity index (χ1n) is 6.31. The van der Waals surface area contributed by atoms with Gasteiger partial charge in [-0.25, -0.2) is 0 Å². The fraction of sp³-hybridized carbons (Fsp3) is 0.267. The lowest BCUT2D eigenvalue weighted by Gasteiger charge is -2.24. The van der Waals surface area contributed by atoms with Gasteiger partial charge in [0.2, 0.25) is 0 Å². The lowest BCUT2D eigenvalue weighted by atomic mass is 10.1. The summed E-state index contributed by atoms with van der Waals surface area (Å²) in [5.74, 6) is -0.0560. The first kappa shape index (κ1) is 15.2. The molecule has 5 heteroatoms. The van der Waals surface area contributed by atoms with Crippen LogP contribution in [0.25, 0.3) is 0 Å². The Morgan fingerprint density at radius 1 is 1.35 bits per heavy atom. The van der Waals surface area contributed by atoms with Crippen LogP contribution in [0.5, 0.6) is 0 Å². The van der Waals surface area contributed by atoms with Crippen molar-refractivity contribution >= 4 is 33.2 Å². The minimum atomic E-state index is -0.0560. The topological polar surface area (TPSA) is 32.3 Å². The first-order valence-corrected chi connectivity index (χ1v) is 8.04. The van der Waals surface area contributed by atoms with Gasteiger partial charge in [-0.2, -0.15) is 11.3 Å². The summed E-state index contributed by atoms with van der Waals surface area (Å²) >= 11 is 5.07. The maximum Gasteiger partial charge on any atom is 0.252 e. The van der Waals surface area contributed by atoms with Crippen LogP contribution in [0, 0.1) is 0 Å². The molecule has 0 spiro atoms. The molecular formula is C15H17BrN2OS. The van der Waals surface area contributed by atoms with E-state index in [-0.39, 0.29) is 11.9 Å². The Labute approximate surface area is 131 Å². The molecule has 2 aromatic rings. The van der Waals surface area contributed by atoms with Crippen molar-refractivity contribution in [1.82, 2.24) is 10.2 Å². The van der Waals surface area contributed by atoms with Gasteiger partial charge >= 0.3 is 0 Å². The number of halogens is 1. The molecule has 106 valence electrons. The molecule has 0 unspecified atom stereocenters. The Hall–Kier alpha value is -1.17. The standard InChI is InChI=1S/C15H17BrN2OS/c1-18(2)14(11-7-8-20-10-11)9-17-15(19)12-5-3-4-6-13(12)16/h3-8,10,14H,9H2,1-2H3,(H,17,19)/t14-/m0/s1. The van der Waals surface area contributed by atoms with Crippen LogP contribution in [-0.4, -0.2) is 31.4 Å². The van der Waals surface area contributed by atoms with Gasteiger partial charge in [-0.3, -0.25) is 4.79 Å². The molecule has 0 fully saturated rings. The summed E-state index contributed by atoms with van der Waals surface area (Å²) in [6.07, 6.45) is 0. The average molecular weight is 353 g/mol. The summed E-state index contributed by atoms with van der Waals surface area (Å²) in [7, 11) is 4.04. The fourth-order valence-corrected chi connectivity index (χ4v) is 3.17. The molecule has 1 atom stereocenters. The largest absolute Gasteiger partial charge is 0.350 e. The number of carbonyl (C=O) groups is 1. The normalized spacial score (nSPS) is 12.4. The first-order chi connectivity index (χ1) is 9.59. The highest BCUT2D eigenvalue weighted by molar-refractivity contribution is 9.10. The zero-order valence-corrected chi connectivity index (χ0v) is 13.9. The number of nitrogens with one attached hydrogen (secondary N) is 1. The average Bonchev–Trinajstić information content (AvgIpc) is 2.92.